The number of ether oxygens (including phenoxy) is 1. The third-order valence-electron chi connectivity index (χ3n) is 3.31. The zero-order chi connectivity index (χ0) is 15.1. The molecule has 1 unspecified atom stereocenters. The second-order valence-corrected chi connectivity index (χ2v) is 5.65. The average molecular weight is 278 g/mol. The lowest BCUT2D eigenvalue weighted by Gasteiger charge is -2.26. The Kier molecular flexibility index (Phi) is 6.36. The summed E-state index contributed by atoms with van der Waals surface area (Å²) in [5.41, 5.74) is 6.33. The van der Waals surface area contributed by atoms with Crippen LogP contribution in [0.5, 0.6) is 5.75 Å². The zero-order valence-corrected chi connectivity index (χ0v) is 12.9. The summed E-state index contributed by atoms with van der Waals surface area (Å²) in [4.78, 5) is 13.9. The highest BCUT2D eigenvalue weighted by atomic mass is 16.5. The number of nitrogen functional groups attached to an aromatic ring is 1. The number of nitrogens with zero attached hydrogens (tertiary/aromatic N) is 1. The first-order chi connectivity index (χ1) is 9.40. The predicted molar refractivity (Wildman–Crippen MR) is 82.7 cm³/mol. The van der Waals surface area contributed by atoms with E-state index in [0.29, 0.717) is 30.4 Å². The maximum absolute atomic E-state index is 12.0. The van der Waals surface area contributed by atoms with E-state index in [2.05, 4.69) is 20.8 Å². The van der Waals surface area contributed by atoms with Crippen molar-refractivity contribution in [2.45, 2.75) is 39.7 Å². The molecule has 1 rings (SSSR count). The van der Waals surface area contributed by atoms with Gasteiger partial charge in [-0.2, -0.15) is 0 Å². The third-order valence-corrected chi connectivity index (χ3v) is 3.31. The number of carbonyl (C=O) groups is 1. The molecule has 0 fully saturated rings. The first-order valence-corrected chi connectivity index (χ1v) is 7.14. The van der Waals surface area contributed by atoms with Gasteiger partial charge in [-0.25, -0.2) is 0 Å². The molecule has 0 aromatic heterocycles. The zero-order valence-electron chi connectivity index (χ0n) is 12.9. The van der Waals surface area contributed by atoms with Crippen molar-refractivity contribution in [1.82, 2.24) is 4.90 Å². The van der Waals surface area contributed by atoms with Crippen molar-refractivity contribution in [3.63, 3.8) is 0 Å². The molecule has 0 saturated carbocycles. The highest BCUT2D eigenvalue weighted by Gasteiger charge is 2.16. The monoisotopic (exact) mass is 278 g/mol. The van der Waals surface area contributed by atoms with Crippen molar-refractivity contribution >= 4 is 11.6 Å². The van der Waals surface area contributed by atoms with Gasteiger partial charge in [0.1, 0.15) is 5.75 Å². The lowest BCUT2D eigenvalue weighted by molar-refractivity contribution is -0.132. The summed E-state index contributed by atoms with van der Waals surface area (Å²) in [5.74, 6) is 1.40. The molecule has 0 heterocycles. The molecule has 20 heavy (non-hydrogen) atoms. The number of benzene rings is 1. The number of hydrogen-bond acceptors (Lipinski definition) is 3. The number of anilines is 1. The standard InChI is InChI=1S/C16H26N2O2/c1-12(2)10-13(3)18(4)16(19)8-9-20-15-7-5-6-14(17)11-15/h5-7,11-13H,8-10,17H2,1-4H3. The average Bonchev–Trinajstić information content (AvgIpc) is 2.37. The summed E-state index contributed by atoms with van der Waals surface area (Å²) in [6.07, 6.45) is 1.39. The summed E-state index contributed by atoms with van der Waals surface area (Å²) in [7, 11) is 1.86. The van der Waals surface area contributed by atoms with Crippen LogP contribution in [0, 0.1) is 5.92 Å². The minimum absolute atomic E-state index is 0.113. The first kappa shape index (κ1) is 16.3. The van der Waals surface area contributed by atoms with Crippen LogP contribution in [0.1, 0.15) is 33.6 Å². The topological polar surface area (TPSA) is 55.6 Å². The van der Waals surface area contributed by atoms with E-state index in [1.807, 2.05) is 24.1 Å². The number of amides is 1. The first-order valence-electron chi connectivity index (χ1n) is 7.14. The molecule has 4 nitrogen and oxygen atoms in total. The van der Waals surface area contributed by atoms with Crippen molar-refractivity contribution in [1.29, 1.82) is 0 Å². The van der Waals surface area contributed by atoms with E-state index in [-0.39, 0.29) is 11.9 Å². The van der Waals surface area contributed by atoms with Gasteiger partial charge in [-0.3, -0.25) is 4.79 Å². The molecule has 0 bridgehead atoms. The largest absolute Gasteiger partial charge is 0.493 e. The Bertz CT molecular complexity index is 432. The maximum atomic E-state index is 12.0. The van der Waals surface area contributed by atoms with E-state index < -0.39 is 0 Å². The molecule has 0 aliphatic heterocycles. The van der Waals surface area contributed by atoms with Crippen LogP contribution in [0.2, 0.25) is 0 Å². The van der Waals surface area contributed by atoms with Crippen molar-refractivity contribution in [2.75, 3.05) is 19.4 Å². The van der Waals surface area contributed by atoms with E-state index in [1.165, 1.54) is 0 Å². The molecule has 0 saturated heterocycles. The van der Waals surface area contributed by atoms with Gasteiger partial charge in [-0.15, -0.1) is 0 Å². The summed E-state index contributed by atoms with van der Waals surface area (Å²) < 4.78 is 5.54. The highest BCUT2D eigenvalue weighted by molar-refractivity contribution is 5.76. The smallest absolute Gasteiger partial charge is 0.225 e. The van der Waals surface area contributed by atoms with Gasteiger partial charge in [-0.1, -0.05) is 19.9 Å². The van der Waals surface area contributed by atoms with Gasteiger partial charge in [0.2, 0.25) is 5.91 Å². The van der Waals surface area contributed by atoms with Crippen LogP contribution < -0.4 is 10.5 Å². The SMILES string of the molecule is CC(C)CC(C)N(C)C(=O)CCOc1cccc(N)c1. The molecule has 0 radical (unpaired) electrons. The number of nitrogens with two attached hydrogens (primary N) is 1. The minimum atomic E-state index is 0.113. The molecule has 1 aromatic rings. The van der Waals surface area contributed by atoms with Crippen LogP contribution in [0.15, 0.2) is 24.3 Å². The molecular weight excluding hydrogens is 252 g/mol. The number of hydrogen-bond donors (Lipinski definition) is 1. The van der Waals surface area contributed by atoms with Gasteiger partial charge in [-0.05, 0) is 31.4 Å². The van der Waals surface area contributed by atoms with Crippen LogP contribution in [-0.4, -0.2) is 30.5 Å². The van der Waals surface area contributed by atoms with E-state index in [4.69, 9.17) is 10.5 Å². The normalized spacial score (nSPS) is 12.2. The minimum Gasteiger partial charge on any atom is -0.493 e. The van der Waals surface area contributed by atoms with Gasteiger partial charge >= 0.3 is 0 Å². The Morgan fingerprint density at radius 1 is 1.35 bits per heavy atom. The maximum Gasteiger partial charge on any atom is 0.225 e. The molecule has 4 heteroatoms. The Morgan fingerprint density at radius 3 is 2.65 bits per heavy atom. The fourth-order valence-corrected chi connectivity index (χ4v) is 2.12. The Hall–Kier alpha value is -1.71. The lowest BCUT2D eigenvalue weighted by Crippen LogP contribution is -2.36. The molecule has 1 amide bonds. The number of rotatable bonds is 7. The summed E-state index contributed by atoms with van der Waals surface area (Å²) in [6, 6.07) is 7.50. The van der Waals surface area contributed by atoms with Crippen molar-refractivity contribution < 1.29 is 9.53 Å². The second-order valence-electron chi connectivity index (χ2n) is 5.65. The molecule has 2 N–H and O–H groups in total. The van der Waals surface area contributed by atoms with Gasteiger partial charge < -0.3 is 15.4 Å². The van der Waals surface area contributed by atoms with Crippen molar-refractivity contribution in [2.24, 2.45) is 5.92 Å². The van der Waals surface area contributed by atoms with Crippen LogP contribution in [0.3, 0.4) is 0 Å². The van der Waals surface area contributed by atoms with Crippen molar-refractivity contribution in [3.05, 3.63) is 24.3 Å². The van der Waals surface area contributed by atoms with E-state index >= 15 is 0 Å². The van der Waals surface area contributed by atoms with E-state index in [9.17, 15) is 4.79 Å². The van der Waals surface area contributed by atoms with Crippen LogP contribution in [-0.2, 0) is 4.79 Å². The lowest BCUT2D eigenvalue weighted by atomic mass is 10.0. The van der Waals surface area contributed by atoms with Gasteiger partial charge in [0.05, 0.1) is 13.0 Å². The predicted octanol–water partition coefficient (Wildman–Crippen LogP) is 2.93. The number of carbonyl (C=O) groups excluding carboxylic acids is 1. The van der Waals surface area contributed by atoms with Crippen LogP contribution in [0.25, 0.3) is 0 Å². The van der Waals surface area contributed by atoms with Crippen molar-refractivity contribution in [3.8, 4) is 5.75 Å². The molecule has 1 aromatic carbocycles. The Balaban J connectivity index is 2.36. The molecule has 0 spiro atoms. The van der Waals surface area contributed by atoms with Gasteiger partial charge in [0.15, 0.2) is 0 Å². The molecule has 0 aliphatic carbocycles. The van der Waals surface area contributed by atoms with Crippen LogP contribution >= 0.6 is 0 Å². The highest BCUT2D eigenvalue weighted by Crippen LogP contribution is 2.15. The van der Waals surface area contributed by atoms with Crippen LogP contribution in [0.4, 0.5) is 5.69 Å². The van der Waals surface area contributed by atoms with Gasteiger partial charge in [0, 0.05) is 24.8 Å². The molecular formula is C16H26N2O2. The summed E-state index contributed by atoms with van der Waals surface area (Å²) in [6.45, 7) is 6.78. The molecule has 0 aliphatic rings. The quantitative estimate of drug-likeness (QED) is 0.780. The second kappa shape index (κ2) is 7.78. The fraction of sp³-hybridized carbons (Fsp3) is 0.562. The molecule has 1 atom stereocenters. The Morgan fingerprint density at radius 2 is 2.05 bits per heavy atom. The summed E-state index contributed by atoms with van der Waals surface area (Å²) in [5, 5.41) is 0. The van der Waals surface area contributed by atoms with Gasteiger partial charge in [0.25, 0.3) is 0 Å². The summed E-state index contributed by atoms with van der Waals surface area (Å²) >= 11 is 0. The molecule has 112 valence electrons. The third kappa shape index (κ3) is 5.51. The van der Waals surface area contributed by atoms with E-state index in [1.54, 1.807) is 12.1 Å². The fourth-order valence-electron chi connectivity index (χ4n) is 2.12. The van der Waals surface area contributed by atoms with E-state index in [0.717, 1.165) is 6.42 Å². The Labute approximate surface area is 121 Å².